The molecule has 0 aliphatic rings. The van der Waals surface area contributed by atoms with Gasteiger partial charge in [0.1, 0.15) is 0 Å². The Labute approximate surface area is 82.2 Å². The van der Waals surface area contributed by atoms with E-state index in [1.165, 1.54) is 5.57 Å². The largest absolute Gasteiger partial charge is 0.305 e. The summed E-state index contributed by atoms with van der Waals surface area (Å²) in [5.41, 5.74) is 2.88. The number of hydrogen-bond donors (Lipinski definition) is 1. The van der Waals surface area contributed by atoms with Crippen LogP contribution in [0, 0.1) is 5.41 Å². The fraction of sp³-hybridized carbons (Fsp3) is 0.444. The fourth-order valence-corrected chi connectivity index (χ4v) is 0.902. The Balaban J connectivity index is 3.72. The summed E-state index contributed by atoms with van der Waals surface area (Å²) < 4.78 is 2.06. The van der Waals surface area contributed by atoms with Crippen LogP contribution in [0.25, 0.3) is 0 Å². The lowest BCUT2D eigenvalue weighted by atomic mass is 10.1. The Morgan fingerprint density at radius 3 is 2.36 bits per heavy atom. The van der Waals surface area contributed by atoms with E-state index < -0.39 is 0 Å². The van der Waals surface area contributed by atoms with Crippen molar-refractivity contribution >= 4 is 28.3 Å². The SMILES string of the molecule is C=C(C)C(=N)CC/C(C)=C/I. The monoisotopic (exact) mass is 263 g/mol. The van der Waals surface area contributed by atoms with Gasteiger partial charge in [0.15, 0.2) is 0 Å². The van der Waals surface area contributed by atoms with E-state index in [1.54, 1.807) is 0 Å². The number of rotatable bonds is 4. The van der Waals surface area contributed by atoms with Crippen LogP contribution in [0.5, 0.6) is 0 Å². The molecule has 0 aromatic rings. The number of halogens is 1. The highest BCUT2D eigenvalue weighted by molar-refractivity contribution is 14.1. The molecule has 0 atom stereocenters. The van der Waals surface area contributed by atoms with Gasteiger partial charge in [-0.3, -0.25) is 0 Å². The van der Waals surface area contributed by atoms with Gasteiger partial charge in [0.2, 0.25) is 0 Å². The average Bonchev–Trinajstić information content (AvgIpc) is 1.99. The summed E-state index contributed by atoms with van der Waals surface area (Å²) in [6.45, 7) is 7.67. The van der Waals surface area contributed by atoms with Gasteiger partial charge in [0.05, 0.1) is 0 Å². The van der Waals surface area contributed by atoms with Crippen LogP contribution in [-0.4, -0.2) is 5.71 Å². The van der Waals surface area contributed by atoms with Crippen LogP contribution in [0.3, 0.4) is 0 Å². The van der Waals surface area contributed by atoms with Crippen LogP contribution in [0.15, 0.2) is 21.8 Å². The molecule has 0 aromatic carbocycles. The van der Waals surface area contributed by atoms with Crippen molar-refractivity contribution in [3.63, 3.8) is 0 Å². The Kier molecular flexibility index (Phi) is 5.46. The molecule has 0 fully saturated rings. The topological polar surface area (TPSA) is 23.9 Å². The van der Waals surface area contributed by atoms with Crippen LogP contribution >= 0.6 is 22.6 Å². The highest BCUT2D eigenvalue weighted by atomic mass is 127. The molecule has 2 heteroatoms. The first-order valence-electron chi connectivity index (χ1n) is 3.57. The summed E-state index contributed by atoms with van der Waals surface area (Å²) in [6.07, 6.45) is 1.80. The van der Waals surface area contributed by atoms with Crippen LogP contribution in [0.4, 0.5) is 0 Å². The van der Waals surface area contributed by atoms with E-state index in [4.69, 9.17) is 5.41 Å². The van der Waals surface area contributed by atoms with Crippen molar-refractivity contribution < 1.29 is 0 Å². The van der Waals surface area contributed by atoms with Crippen LogP contribution < -0.4 is 0 Å². The highest BCUT2D eigenvalue weighted by Crippen LogP contribution is 2.09. The summed E-state index contributed by atoms with van der Waals surface area (Å²) in [7, 11) is 0. The maximum atomic E-state index is 7.48. The van der Waals surface area contributed by atoms with Crippen LogP contribution in [-0.2, 0) is 0 Å². The van der Waals surface area contributed by atoms with Crippen molar-refractivity contribution in [2.75, 3.05) is 0 Å². The summed E-state index contributed by atoms with van der Waals surface area (Å²) in [6, 6.07) is 0. The molecule has 0 saturated heterocycles. The molecule has 0 aliphatic heterocycles. The van der Waals surface area contributed by atoms with E-state index in [2.05, 4.69) is 40.2 Å². The summed E-state index contributed by atoms with van der Waals surface area (Å²) >= 11 is 2.22. The highest BCUT2D eigenvalue weighted by Gasteiger charge is 1.97. The summed E-state index contributed by atoms with van der Waals surface area (Å²) in [4.78, 5) is 0. The van der Waals surface area contributed by atoms with Gasteiger partial charge in [-0.25, -0.2) is 0 Å². The molecule has 0 bridgehead atoms. The van der Waals surface area contributed by atoms with E-state index in [9.17, 15) is 0 Å². The minimum Gasteiger partial charge on any atom is -0.305 e. The van der Waals surface area contributed by atoms with Crippen LogP contribution in [0.2, 0.25) is 0 Å². The third-order valence-corrected chi connectivity index (χ3v) is 2.53. The Morgan fingerprint density at radius 1 is 1.45 bits per heavy atom. The molecule has 0 aliphatic carbocycles. The molecule has 0 aromatic heterocycles. The Morgan fingerprint density at radius 2 is 2.00 bits per heavy atom. The lowest BCUT2D eigenvalue weighted by Gasteiger charge is -2.01. The van der Waals surface area contributed by atoms with Crippen molar-refractivity contribution in [3.8, 4) is 0 Å². The third-order valence-electron chi connectivity index (χ3n) is 1.47. The smallest absolute Gasteiger partial charge is 0.0340 e. The van der Waals surface area contributed by atoms with Gasteiger partial charge < -0.3 is 5.41 Å². The normalized spacial score (nSPS) is 11.4. The van der Waals surface area contributed by atoms with Crippen molar-refractivity contribution in [3.05, 3.63) is 21.8 Å². The molecular weight excluding hydrogens is 249 g/mol. The second-order valence-corrected chi connectivity index (χ2v) is 3.34. The van der Waals surface area contributed by atoms with Gasteiger partial charge in [-0.1, -0.05) is 34.7 Å². The number of allylic oxidation sites excluding steroid dienone is 2. The third kappa shape index (κ3) is 5.18. The van der Waals surface area contributed by atoms with E-state index >= 15 is 0 Å². The zero-order valence-corrected chi connectivity index (χ0v) is 9.23. The lowest BCUT2D eigenvalue weighted by molar-refractivity contribution is 1.01. The standard InChI is InChI=1S/C9H14IN/c1-7(2)9(11)5-4-8(3)6-10/h6,11H,1,4-5H2,2-3H3/b8-6+,11-9?. The van der Waals surface area contributed by atoms with Crippen molar-refractivity contribution in [2.24, 2.45) is 0 Å². The molecule has 0 saturated carbocycles. The van der Waals surface area contributed by atoms with Crippen molar-refractivity contribution in [1.82, 2.24) is 0 Å². The first-order chi connectivity index (χ1) is 5.07. The van der Waals surface area contributed by atoms with Gasteiger partial charge in [0.25, 0.3) is 0 Å². The molecule has 0 amide bonds. The first-order valence-corrected chi connectivity index (χ1v) is 4.81. The molecule has 0 radical (unpaired) electrons. The van der Waals surface area contributed by atoms with Gasteiger partial charge in [-0.2, -0.15) is 0 Å². The molecule has 0 spiro atoms. The van der Waals surface area contributed by atoms with Crippen molar-refractivity contribution in [1.29, 1.82) is 5.41 Å². The molecular formula is C9H14IN. The van der Waals surface area contributed by atoms with Gasteiger partial charge in [0, 0.05) is 5.71 Å². The second kappa shape index (κ2) is 5.52. The molecule has 0 unspecified atom stereocenters. The summed E-state index contributed by atoms with van der Waals surface area (Å²) in [5.74, 6) is 0. The van der Waals surface area contributed by atoms with Crippen molar-refractivity contribution in [2.45, 2.75) is 26.7 Å². The predicted molar refractivity (Wildman–Crippen MR) is 59.6 cm³/mol. The maximum Gasteiger partial charge on any atom is 0.0340 e. The van der Waals surface area contributed by atoms with Gasteiger partial charge in [-0.15, -0.1) is 0 Å². The Bertz CT molecular complexity index is 192. The van der Waals surface area contributed by atoms with E-state index in [0.29, 0.717) is 5.71 Å². The number of hydrogen-bond acceptors (Lipinski definition) is 1. The minimum absolute atomic E-state index is 0.669. The average molecular weight is 263 g/mol. The quantitative estimate of drug-likeness (QED) is 0.590. The van der Waals surface area contributed by atoms with E-state index in [-0.39, 0.29) is 0 Å². The van der Waals surface area contributed by atoms with Gasteiger partial charge >= 0.3 is 0 Å². The molecule has 0 rings (SSSR count). The van der Waals surface area contributed by atoms with Crippen LogP contribution in [0.1, 0.15) is 26.7 Å². The first kappa shape index (κ1) is 10.9. The zero-order chi connectivity index (χ0) is 8.85. The lowest BCUT2D eigenvalue weighted by Crippen LogP contribution is -1.96. The minimum atomic E-state index is 0.669. The summed E-state index contributed by atoms with van der Waals surface area (Å²) in [5, 5.41) is 7.48. The fourth-order valence-electron chi connectivity index (χ4n) is 0.590. The predicted octanol–water partition coefficient (Wildman–Crippen LogP) is 3.70. The molecule has 1 N–H and O–H groups in total. The maximum absolute atomic E-state index is 7.48. The number of nitrogens with one attached hydrogen (secondary N) is 1. The zero-order valence-electron chi connectivity index (χ0n) is 7.08. The second-order valence-electron chi connectivity index (χ2n) is 2.71. The molecule has 62 valence electrons. The molecule has 0 heterocycles. The molecule has 11 heavy (non-hydrogen) atoms. The molecule has 1 nitrogen and oxygen atoms in total. The van der Waals surface area contributed by atoms with E-state index in [0.717, 1.165) is 18.4 Å². The van der Waals surface area contributed by atoms with E-state index in [1.807, 2.05) is 6.92 Å². The van der Waals surface area contributed by atoms with Gasteiger partial charge in [-0.05, 0) is 36.3 Å². The Hall–Kier alpha value is -0.120.